The van der Waals surface area contributed by atoms with Crippen molar-refractivity contribution in [2.75, 3.05) is 26.2 Å². The van der Waals surface area contributed by atoms with Crippen LogP contribution in [0.25, 0.3) is 0 Å². The van der Waals surface area contributed by atoms with Gasteiger partial charge in [-0.25, -0.2) is 0 Å². The van der Waals surface area contributed by atoms with Gasteiger partial charge in [0, 0.05) is 13.1 Å². The molecule has 1 rings (SSSR count). The van der Waals surface area contributed by atoms with Gasteiger partial charge in [-0.05, 0) is 32.9 Å². The smallest absolute Gasteiger partial charge is 0.237 e. The molecule has 1 unspecified atom stereocenters. The fourth-order valence-corrected chi connectivity index (χ4v) is 1.73. The largest absolute Gasteiger partial charge is 0.354 e. The first-order valence-corrected chi connectivity index (χ1v) is 5.63. The molecule has 4 nitrogen and oxygen atoms in total. The number of hydrogen-bond acceptors (Lipinski definition) is 3. The second-order valence-electron chi connectivity index (χ2n) is 4.04. The summed E-state index contributed by atoms with van der Waals surface area (Å²) in [5.41, 5.74) is 0. The van der Waals surface area contributed by atoms with Crippen molar-refractivity contribution in [1.82, 2.24) is 10.2 Å². The molecule has 0 saturated carbocycles. The van der Waals surface area contributed by atoms with Gasteiger partial charge in [-0.2, -0.15) is 5.26 Å². The third-order valence-corrected chi connectivity index (χ3v) is 2.76. The molecule has 1 aliphatic heterocycles. The maximum atomic E-state index is 11.3. The van der Waals surface area contributed by atoms with Crippen LogP contribution in [-0.2, 0) is 4.79 Å². The monoisotopic (exact) mass is 209 g/mol. The van der Waals surface area contributed by atoms with Crippen LogP contribution in [0, 0.1) is 17.2 Å². The van der Waals surface area contributed by atoms with Gasteiger partial charge in [0.2, 0.25) is 5.91 Å². The van der Waals surface area contributed by atoms with Gasteiger partial charge < -0.3 is 10.2 Å². The van der Waals surface area contributed by atoms with Crippen LogP contribution in [0.15, 0.2) is 0 Å². The van der Waals surface area contributed by atoms with E-state index in [0.717, 1.165) is 19.6 Å². The number of carbonyl (C=O) groups excluding carboxylic acids is 1. The standard InChI is InChI=1S/C11H19N3O/c1-10(9-12)11(15)13-5-8-14-6-3-2-4-7-14/h10H,2-8H2,1H3,(H,13,15). The average Bonchev–Trinajstić information content (AvgIpc) is 2.29. The third-order valence-electron chi connectivity index (χ3n) is 2.76. The van der Waals surface area contributed by atoms with Crippen LogP contribution >= 0.6 is 0 Å². The van der Waals surface area contributed by atoms with Gasteiger partial charge in [-0.3, -0.25) is 4.79 Å². The lowest BCUT2D eigenvalue weighted by molar-refractivity contribution is -0.123. The van der Waals surface area contributed by atoms with Gasteiger partial charge >= 0.3 is 0 Å². The zero-order valence-corrected chi connectivity index (χ0v) is 9.33. The van der Waals surface area contributed by atoms with Crippen LogP contribution in [0.1, 0.15) is 26.2 Å². The SMILES string of the molecule is CC(C#N)C(=O)NCCN1CCCCC1. The quantitative estimate of drug-likeness (QED) is 0.743. The number of carbonyl (C=O) groups is 1. The van der Waals surface area contributed by atoms with Crippen molar-refractivity contribution in [2.45, 2.75) is 26.2 Å². The highest BCUT2D eigenvalue weighted by atomic mass is 16.1. The molecule has 1 atom stereocenters. The molecule has 0 aromatic rings. The van der Waals surface area contributed by atoms with E-state index in [0.29, 0.717) is 6.54 Å². The fraction of sp³-hybridized carbons (Fsp3) is 0.818. The van der Waals surface area contributed by atoms with Gasteiger partial charge in [-0.15, -0.1) is 0 Å². The molecule has 0 radical (unpaired) electrons. The first-order valence-electron chi connectivity index (χ1n) is 5.63. The zero-order chi connectivity index (χ0) is 11.1. The van der Waals surface area contributed by atoms with Crippen LogP contribution in [0.5, 0.6) is 0 Å². The Balaban J connectivity index is 2.10. The summed E-state index contributed by atoms with van der Waals surface area (Å²) in [5, 5.41) is 11.3. The molecule has 1 saturated heterocycles. The summed E-state index contributed by atoms with van der Waals surface area (Å²) in [6, 6.07) is 1.93. The third kappa shape index (κ3) is 4.30. The Morgan fingerprint density at radius 3 is 2.73 bits per heavy atom. The highest BCUT2D eigenvalue weighted by Gasteiger charge is 2.12. The van der Waals surface area contributed by atoms with E-state index in [1.165, 1.54) is 19.3 Å². The lowest BCUT2D eigenvalue weighted by atomic mass is 10.1. The molecule has 1 N–H and O–H groups in total. The van der Waals surface area contributed by atoms with E-state index in [1.807, 2.05) is 6.07 Å². The summed E-state index contributed by atoms with van der Waals surface area (Å²) in [4.78, 5) is 13.6. The summed E-state index contributed by atoms with van der Waals surface area (Å²) in [7, 11) is 0. The van der Waals surface area contributed by atoms with Gasteiger partial charge in [0.25, 0.3) is 0 Å². The maximum Gasteiger partial charge on any atom is 0.237 e. The van der Waals surface area contributed by atoms with Crippen molar-refractivity contribution < 1.29 is 4.79 Å². The van der Waals surface area contributed by atoms with E-state index < -0.39 is 5.92 Å². The summed E-state index contributed by atoms with van der Waals surface area (Å²) in [6.07, 6.45) is 3.86. The zero-order valence-electron chi connectivity index (χ0n) is 9.33. The number of rotatable bonds is 4. The predicted molar refractivity (Wildman–Crippen MR) is 58.1 cm³/mol. The number of piperidine rings is 1. The molecular weight excluding hydrogens is 190 g/mol. The summed E-state index contributed by atoms with van der Waals surface area (Å²) < 4.78 is 0. The first-order chi connectivity index (χ1) is 7.24. The van der Waals surface area contributed by atoms with Crippen molar-refractivity contribution in [2.24, 2.45) is 5.92 Å². The van der Waals surface area contributed by atoms with E-state index in [4.69, 9.17) is 5.26 Å². The number of nitriles is 1. The van der Waals surface area contributed by atoms with Gasteiger partial charge in [0.05, 0.1) is 6.07 Å². The molecule has 1 heterocycles. The van der Waals surface area contributed by atoms with Crippen molar-refractivity contribution in [3.05, 3.63) is 0 Å². The van der Waals surface area contributed by atoms with Crippen LogP contribution in [-0.4, -0.2) is 37.0 Å². The molecule has 15 heavy (non-hydrogen) atoms. The number of amides is 1. The van der Waals surface area contributed by atoms with Crippen molar-refractivity contribution in [3.8, 4) is 6.07 Å². The molecule has 0 aliphatic carbocycles. The molecule has 0 aromatic carbocycles. The Hall–Kier alpha value is -1.08. The van der Waals surface area contributed by atoms with Crippen molar-refractivity contribution in [1.29, 1.82) is 5.26 Å². The highest BCUT2D eigenvalue weighted by molar-refractivity contribution is 5.80. The highest BCUT2D eigenvalue weighted by Crippen LogP contribution is 2.07. The molecule has 1 amide bonds. The minimum Gasteiger partial charge on any atom is -0.354 e. The second kappa shape index (κ2) is 6.41. The summed E-state index contributed by atoms with van der Waals surface area (Å²) >= 11 is 0. The van der Waals surface area contributed by atoms with Crippen LogP contribution in [0.3, 0.4) is 0 Å². The van der Waals surface area contributed by atoms with Gasteiger partial charge in [-0.1, -0.05) is 6.42 Å². The molecule has 84 valence electrons. The Kier molecular flexibility index (Phi) is 5.13. The minimum absolute atomic E-state index is 0.158. The average molecular weight is 209 g/mol. The Morgan fingerprint density at radius 1 is 1.47 bits per heavy atom. The summed E-state index contributed by atoms with van der Waals surface area (Å²) in [5.74, 6) is -0.694. The number of nitrogens with one attached hydrogen (secondary N) is 1. The molecule has 0 bridgehead atoms. The van der Waals surface area contributed by atoms with Gasteiger partial charge in [0.1, 0.15) is 5.92 Å². The lowest BCUT2D eigenvalue weighted by Gasteiger charge is -2.26. The molecule has 0 spiro atoms. The predicted octanol–water partition coefficient (Wildman–Crippen LogP) is 0.748. The minimum atomic E-state index is -0.536. The van der Waals surface area contributed by atoms with Gasteiger partial charge in [0.15, 0.2) is 0 Å². The Bertz CT molecular complexity index is 241. The number of likely N-dealkylation sites (tertiary alicyclic amines) is 1. The maximum absolute atomic E-state index is 11.3. The van der Waals surface area contributed by atoms with E-state index in [1.54, 1.807) is 6.92 Å². The lowest BCUT2D eigenvalue weighted by Crippen LogP contribution is -2.39. The topological polar surface area (TPSA) is 56.1 Å². The molecule has 1 aliphatic rings. The van der Waals surface area contributed by atoms with Crippen LogP contribution in [0.4, 0.5) is 0 Å². The number of nitrogens with zero attached hydrogens (tertiary/aromatic N) is 2. The normalized spacial score (nSPS) is 19.2. The van der Waals surface area contributed by atoms with E-state index in [9.17, 15) is 4.79 Å². The Morgan fingerprint density at radius 2 is 2.13 bits per heavy atom. The number of hydrogen-bond donors (Lipinski definition) is 1. The van der Waals surface area contributed by atoms with E-state index >= 15 is 0 Å². The van der Waals surface area contributed by atoms with Crippen molar-refractivity contribution >= 4 is 5.91 Å². The van der Waals surface area contributed by atoms with E-state index in [-0.39, 0.29) is 5.91 Å². The molecule has 4 heteroatoms. The van der Waals surface area contributed by atoms with Crippen LogP contribution in [0.2, 0.25) is 0 Å². The second-order valence-corrected chi connectivity index (χ2v) is 4.04. The summed E-state index contributed by atoms with van der Waals surface area (Å²) in [6.45, 7) is 5.47. The molecule has 0 aromatic heterocycles. The fourth-order valence-electron chi connectivity index (χ4n) is 1.73. The molecular formula is C11H19N3O. The van der Waals surface area contributed by atoms with Crippen LogP contribution < -0.4 is 5.32 Å². The molecule has 1 fully saturated rings. The van der Waals surface area contributed by atoms with E-state index in [2.05, 4.69) is 10.2 Å². The van der Waals surface area contributed by atoms with Crippen molar-refractivity contribution in [3.63, 3.8) is 0 Å². The Labute approximate surface area is 91.2 Å². The first kappa shape index (κ1) is 12.0.